The lowest BCUT2D eigenvalue weighted by Crippen LogP contribution is -2.42. The van der Waals surface area contributed by atoms with Crippen molar-refractivity contribution in [2.45, 2.75) is 45.8 Å². The molecule has 0 fully saturated rings. The van der Waals surface area contributed by atoms with Crippen molar-refractivity contribution in [1.29, 1.82) is 0 Å². The summed E-state index contributed by atoms with van der Waals surface area (Å²) in [4.78, 5) is 13.4. The fraction of sp³-hybridized carbons (Fsp3) is 0.562. The second kappa shape index (κ2) is 7.69. The van der Waals surface area contributed by atoms with Crippen molar-refractivity contribution in [3.05, 3.63) is 29.8 Å². The number of carbonyl (C=O) groups excluding carboxylic acids is 1. The third kappa shape index (κ3) is 5.38. The summed E-state index contributed by atoms with van der Waals surface area (Å²) >= 11 is 0. The first-order chi connectivity index (χ1) is 10.1. The molecule has 1 rings (SSSR count). The van der Waals surface area contributed by atoms with Gasteiger partial charge in [-0.15, -0.1) is 0 Å². The Labute approximate surface area is 130 Å². The van der Waals surface area contributed by atoms with Crippen molar-refractivity contribution in [2.75, 3.05) is 13.2 Å². The number of Topliss-reactive ketones (excluding diaryl/α,β-unsaturated/α-hetero) is 1. The van der Waals surface area contributed by atoms with Gasteiger partial charge in [-0.25, -0.2) is 4.90 Å². The van der Waals surface area contributed by atoms with E-state index in [1.165, 1.54) is 18.7 Å². The molecular weight excluding hydrogens is 286 g/mol. The summed E-state index contributed by atoms with van der Waals surface area (Å²) in [6, 6.07) is 6.48. The first-order valence-corrected chi connectivity index (χ1v) is 7.25. The molecule has 0 saturated heterocycles. The molecule has 0 saturated carbocycles. The van der Waals surface area contributed by atoms with E-state index < -0.39 is 18.1 Å². The van der Waals surface area contributed by atoms with Crippen molar-refractivity contribution < 1.29 is 24.9 Å². The standard InChI is InChI=1S/C16H25NO5/c1-11(18)17(12(2)19)9-10-22-14-7-5-13(6-8-14)15(20)16(3,4)21/h5-8,11-12,18-19,21H,9-10H2,1-4H3. The molecule has 2 unspecified atom stereocenters. The molecule has 0 bridgehead atoms. The Hall–Kier alpha value is -1.47. The van der Waals surface area contributed by atoms with Gasteiger partial charge in [-0.3, -0.25) is 4.79 Å². The minimum absolute atomic E-state index is 0.286. The number of ether oxygens (including phenoxy) is 1. The maximum Gasteiger partial charge on any atom is 0.193 e. The number of aliphatic hydroxyl groups is 3. The number of hydrogen-bond acceptors (Lipinski definition) is 6. The number of rotatable bonds is 8. The van der Waals surface area contributed by atoms with E-state index in [1.54, 1.807) is 38.1 Å². The van der Waals surface area contributed by atoms with Crippen LogP contribution in [0.4, 0.5) is 0 Å². The molecule has 22 heavy (non-hydrogen) atoms. The quantitative estimate of drug-likeness (QED) is 0.490. The molecule has 0 amide bonds. The van der Waals surface area contributed by atoms with Crippen LogP contribution >= 0.6 is 0 Å². The van der Waals surface area contributed by atoms with E-state index in [0.29, 0.717) is 17.9 Å². The first kappa shape index (κ1) is 18.6. The number of hydrogen-bond donors (Lipinski definition) is 3. The molecule has 3 N–H and O–H groups in total. The summed E-state index contributed by atoms with van der Waals surface area (Å²) in [5.41, 5.74) is -0.994. The van der Waals surface area contributed by atoms with Crippen molar-refractivity contribution in [2.24, 2.45) is 0 Å². The van der Waals surface area contributed by atoms with Crippen molar-refractivity contribution in [3.63, 3.8) is 0 Å². The molecule has 0 radical (unpaired) electrons. The number of nitrogens with zero attached hydrogens (tertiary/aromatic N) is 1. The molecule has 6 nitrogen and oxygen atoms in total. The number of carbonyl (C=O) groups is 1. The zero-order valence-electron chi connectivity index (χ0n) is 13.5. The van der Waals surface area contributed by atoms with E-state index in [9.17, 15) is 20.1 Å². The second-order valence-electron chi connectivity index (χ2n) is 5.76. The Bertz CT molecular complexity index is 468. The molecule has 0 aromatic heterocycles. The van der Waals surface area contributed by atoms with Crippen LogP contribution in [0, 0.1) is 0 Å². The van der Waals surface area contributed by atoms with Gasteiger partial charge in [-0.1, -0.05) is 0 Å². The van der Waals surface area contributed by atoms with Gasteiger partial charge in [0.05, 0.1) is 0 Å². The molecule has 0 heterocycles. The zero-order valence-corrected chi connectivity index (χ0v) is 13.5. The van der Waals surface area contributed by atoms with Gasteiger partial charge in [-0.2, -0.15) is 0 Å². The molecular formula is C16H25NO5. The fourth-order valence-electron chi connectivity index (χ4n) is 2.01. The summed E-state index contributed by atoms with van der Waals surface area (Å²) in [6.07, 6.45) is -1.54. The third-order valence-corrected chi connectivity index (χ3v) is 3.25. The first-order valence-electron chi connectivity index (χ1n) is 7.25. The topological polar surface area (TPSA) is 90.2 Å². The van der Waals surface area contributed by atoms with Crippen LogP contribution in [-0.4, -0.2) is 57.2 Å². The van der Waals surface area contributed by atoms with Gasteiger partial charge in [0.25, 0.3) is 0 Å². The van der Waals surface area contributed by atoms with Crippen LogP contribution in [-0.2, 0) is 0 Å². The van der Waals surface area contributed by atoms with Gasteiger partial charge in [-0.05, 0) is 52.0 Å². The highest BCUT2D eigenvalue weighted by molar-refractivity contribution is 6.01. The van der Waals surface area contributed by atoms with Crippen molar-refractivity contribution >= 4 is 5.78 Å². The van der Waals surface area contributed by atoms with Crippen LogP contribution in [0.5, 0.6) is 5.75 Å². The molecule has 124 valence electrons. The molecule has 0 spiro atoms. The minimum atomic E-state index is -1.41. The Kier molecular flexibility index (Phi) is 6.49. The van der Waals surface area contributed by atoms with E-state index in [0.717, 1.165) is 0 Å². The smallest absolute Gasteiger partial charge is 0.193 e. The normalized spacial score (nSPS) is 14.7. The van der Waals surface area contributed by atoms with Gasteiger partial charge in [0.1, 0.15) is 30.4 Å². The summed E-state index contributed by atoms with van der Waals surface area (Å²) < 4.78 is 5.52. The van der Waals surface area contributed by atoms with E-state index in [-0.39, 0.29) is 12.4 Å². The Morgan fingerprint density at radius 3 is 2.09 bits per heavy atom. The van der Waals surface area contributed by atoms with Gasteiger partial charge in [0, 0.05) is 12.1 Å². The number of benzene rings is 1. The molecule has 0 aliphatic heterocycles. The molecule has 6 heteroatoms. The van der Waals surface area contributed by atoms with Crippen LogP contribution in [0.25, 0.3) is 0 Å². The van der Waals surface area contributed by atoms with E-state index in [2.05, 4.69) is 0 Å². The zero-order chi connectivity index (χ0) is 16.9. The SMILES string of the molecule is CC(O)N(CCOc1ccc(C(=O)C(C)(C)O)cc1)C(C)O. The summed E-state index contributed by atoms with van der Waals surface area (Å²) in [5.74, 6) is 0.219. The molecule has 1 aromatic carbocycles. The van der Waals surface area contributed by atoms with Crippen LogP contribution in [0.15, 0.2) is 24.3 Å². The highest BCUT2D eigenvalue weighted by atomic mass is 16.5. The maximum atomic E-state index is 11.9. The lowest BCUT2D eigenvalue weighted by atomic mass is 9.97. The van der Waals surface area contributed by atoms with Crippen molar-refractivity contribution in [1.82, 2.24) is 4.90 Å². The highest BCUT2D eigenvalue weighted by Gasteiger charge is 2.25. The van der Waals surface area contributed by atoms with Gasteiger partial charge in [0.2, 0.25) is 0 Å². The predicted octanol–water partition coefficient (Wildman–Crippen LogP) is 0.998. The van der Waals surface area contributed by atoms with E-state index in [4.69, 9.17) is 4.74 Å². The molecule has 2 atom stereocenters. The molecule has 0 aliphatic rings. The second-order valence-corrected chi connectivity index (χ2v) is 5.76. The van der Waals surface area contributed by atoms with Gasteiger partial charge >= 0.3 is 0 Å². The Balaban J connectivity index is 2.57. The maximum absolute atomic E-state index is 11.9. The van der Waals surface area contributed by atoms with Gasteiger partial charge in [0.15, 0.2) is 5.78 Å². The highest BCUT2D eigenvalue weighted by Crippen LogP contribution is 2.17. The predicted molar refractivity (Wildman–Crippen MR) is 82.6 cm³/mol. The average Bonchev–Trinajstić information content (AvgIpc) is 2.41. The van der Waals surface area contributed by atoms with Crippen LogP contribution in [0.1, 0.15) is 38.1 Å². The van der Waals surface area contributed by atoms with E-state index >= 15 is 0 Å². The Morgan fingerprint density at radius 1 is 1.18 bits per heavy atom. The lowest BCUT2D eigenvalue weighted by molar-refractivity contribution is -0.0881. The average molecular weight is 311 g/mol. The minimum Gasteiger partial charge on any atom is -0.492 e. The summed E-state index contributed by atoms with van der Waals surface area (Å²) in [6.45, 7) is 6.68. The number of aliphatic hydroxyl groups excluding tert-OH is 2. The van der Waals surface area contributed by atoms with Crippen LogP contribution < -0.4 is 4.74 Å². The lowest BCUT2D eigenvalue weighted by Gasteiger charge is -2.27. The largest absolute Gasteiger partial charge is 0.492 e. The fourth-order valence-corrected chi connectivity index (χ4v) is 2.01. The number of ketones is 1. The van der Waals surface area contributed by atoms with Gasteiger partial charge < -0.3 is 20.1 Å². The summed E-state index contributed by atoms with van der Waals surface area (Å²) in [7, 11) is 0. The third-order valence-electron chi connectivity index (χ3n) is 3.25. The van der Waals surface area contributed by atoms with Crippen LogP contribution in [0.3, 0.4) is 0 Å². The monoisotopic (exact) mass is 311 g/mol. The Morgan fingerprint density at radius 2 is 1.68 bits per heavy atom. The summed E-state index contributed by atoms with van der Waals surface area (Å²) in [5, 5.41) is 28.7. The molecule has 1 aromatic rings. The van der Waals surface area contributed by atoms with E-state index in [1.807, 2.05) is 0 Å². The molecule has 0 aliphatic carbocycles. The van der Waals surface area contributed by atoms with Crippen LogP contribution in [0.2, 0.25) is 0 Å². The van der Waals surface area contributed by atoms with Crippen molar-refractivity contribution in [3.8, 4) is 5.75 Å².